The largest absolute Gasteiger partial charge is 0.497 e. The molecular weight excluding hydrogens is 354 g/mol. The molecule has 1 aromatic carbocycles. The molecule has 0 saturated heterocycles. The van der Waals surface area contributed by atoms with E-state index in [0.29, 0.717) is 17.4 Å². The van der Waals surface area contributed by atoms with Gasteiger partial charge in [0.15, 0.2) is 4.34 Å². The maximum atomic E-state index is 9.15. The van der Waals surface area contributed by atoms with E-state index in [2.05, 4.69) is 4.98 Å². The summed E-state index contributed by atoms with van der Waals surface area (Å²) < 4.78 is 11.7. The van der Waals surface area contributed by atoms with Crippen molar-refractivity contribution in [3.8, 4) is 17.4 Å². The van der Waals surface area contributed by atoms with Gasteiger partial charge in [0, 0.05) is 11.8 Å². The first-order valence-corrected chi connectivity index (χ1v) is 9.67. The number of thioether (sulfide) groups is 1. The summed E-state index contributed by atoms with van der Waals surface area (Å²) >= 11 is 9.30. The van der Waals surface area contributed by atoms with Crippen LogP contribution in [0.2, 0.25) is 5.02 Å². The molecule has 0 fully saturated rings. The van der Waals surface area contributed by atoms with E-state index in [-0.39, 0.29) is 5.88 Å². The maximum Gasteiger partial charge on any atom is 0.222 e. The summed E-state index contributed by atoms with van der Waals surface area (Å²) in [6, 6.07) is 5.43. The molecule has 2 aromatic rings. The fourth-order valence-corrected chi connectivity index (χ4v) is 3.92. The average Bonchev–Trinajstić information content (AvgIpc) is 2.96. The Morgan fingerprint density at radius 2 is 2.09 bits per heavy atom. The summed E-state index contributed by atoms with van der Waals surface area (Å²) in [6.45, 7) is 0.666. The number of aromatic nitrogens is 1. The van der Waals surface area contributed by atoms with E-state index in [1.54, 1.807) is 30.3 Å². The van der Waals surface area contributed by atoms with Crippen LogP contribution in [0.25, 0.3) is 0 Å². The number of thiazole rings is 1. The normalized spacial score (nSPS) is 10.7. The van der Waals surface area contributed by atoms with Crippen LogP contribution >= 0.6 is 34.7 Å². The van der Waals surface area contributed by atoms with Gasteiger partial charge >= 0.3 is 0 Å². The first-order chi connectivity index (χ1) is 11.2. The minimum Gasteiger partial charge on any atom is -0.497 e. The summed E-state index contributed by atoms with van der Waals surface area (Å²) in [4.78, 5) is 4.01. The molecule has 0 bridgehead atoms. The fraction of sp³-hybridized carbons (Fsp3) is 0.438. The predicted octanol–water partition coefficient (Wildman–Crippen LogP) is 5.24. The van der Waals surface area contributed by atoms with E-state index < -0.39 is 0 Å². The lowest BCUT2D eigenvalue weighted by atomic mass is 10.2. The second kappa shape index (κ2) is 9.90. The fourth-order valence-electron chi connectivity index (χ4n) is 1.94. The van der Waals surface area contributed by atoms with Crippen LogP contribution in [-0.4, -0.2) is 29.6 Å². The van der Waals surface area contributed by atoms with Crippen LogP contribution in [0.1, 0.15) is 25.7 Å². The van der Waals surface area contributed by atoms with Gasteiger partial charge in [0.05, 0.1) is 24.1 Å². The Labute approximate surface area is 149 Å². The summed E-state index contributed by atoms with van der Waals surface area (Å²) in [5, 5.41) is 11.4. The Balaban J connectivity index is 1.52. The van der Waals surface area contributed by atoms with Gasteiger partial charge in [-0.1, -0.05) is 36.2 Å². The van der Waals surface area contributed by atoms with Gasteiger partial charge in [0.2, 0.25) is 5.88 Å². The Bertz CT molecular complexity index is 607. The van der Waals surface area contributed by atoms with Crippen molar-refractivity contribution in [1.82, 2.24) is 4.98 Å². The highest BCUT2D eigenvalue weighted by Gasteiger charge is 2.03. The van der Waals surface area contributed by atoms with E-state index in [9.17, 15) is 0 Å². The van der Waals surface area contributed by atoms with Crippen molar-refractivity contribution in [2.24, 2.45) is 0 Å². The molecule has 0 aliphatic rings. The summed E-state index contributed by atoms with van der Waals surface area (Å²) in [5.41, 5.74) is 0. The second-order valence-corrected chi connectivity index (χ2v) is 7.49. The minimum absolute atomic E-state index is 0.117. The number of benzene rings is 1. The van der Waals surface area contributed by atoms with E-state index in [4.69, 9.17) is 26.2 Å². The zero-order chi connectivity index (χ0) is 16.5. The van der Waals surface area contributed by atoms with Gasteiger partial charge in [0.1, 0.15) is 11.5 Å². The first kappa shape index (κ1) is 18.2. The molecule has 0 saturated carbocycles. The van der Waals surface area contributed by atoms with Crippen molar-refractivity contribution in [2.75, 3.05) is 19.5 Å². The van der Waals surface area contributed by atoms with Gasteiger partial charge in [-0.15, -0.1) is 11.3 Å². The summed E-state index contributed by atoms with van der Waals surface area (Å²) in [7, 11) is 1.61. The molecule has 1 heterocycles. The van der Waals surface area contributed by atoms with Crippen molar-refractivity contribution < 1.29 is 14.6 Å². The molecule has 0 aliphatic heterocycles. The molecule has 2 rings (SSSR count). The molecule has 4 nitrogen and oxygen atoms in total. The molecule has 126 valence electrons. The average molecular weight is 374 g/mol. The zero-order valence-corrected chi connectivity index (χ0v) is 15.3. The Morgan fingerprint density at radius 3 is 2.78 bits per heavy atom. The van der Waals surface area contributed by atoms with Crippen molar-refractivity contribution in [1.29, 1.82) is 0 Å². The van der Waals surface area contributed by atoms with E-state index >= 15 is 0 Å². The molecule has 0 spiro atoms. The van der Waals surface area contributed by atoms with Gasteiger partial charge in [-0.3, -0.25) is 0 Å². The number of ether oxygens (including phenoxy) is 2. The van der Waals surface area contributed by atoms with Crippen molar-refractivity contribution in [3.63, 3.8) is 0 Å². The van der Waals surface area contributed by atoms with E-state index in [0.717, 1.165) is 41.5 Å². The number of rotatable bonds is 10. The van der Waals surface area contributed by atoms with E-state index in [1.807, 2.05) is 12.1 Å². The summed E-state index contributed by atoms with van der Waals surface area (Å²) in [5.74, 6) is 2.57. The molecule has 1 aromatic heterocycles. The van der Waals surface area contributed by atoms with Crippen molar-refractivity contribution in [2.45, 2.75) is 30.0 Å². The highest BCUT2D eigenvalue weighted by molar-refractivity contribution is 8.01. The maximum absolute atomic E-state index is 9.15. The van der Waals surface area contributed by atoms with Gasteiger partial charge in [-0.25, -0.2) is 0 Å². The standard InChI is InChI=1S/C16H20ClNO3S2/c1-20-12-6-7-14(13(17)10-12)21-8-4-2-3-5-9-22-16-18-15(19)11-23-16/h6-7,10-11,19H,2-5,8-9H2,1H3. The van der Waals surface area contributed by atoms with Crippen molar-refractivity contribution in [3.05, 3.63) is 28.6 Å². The molecular formula is C16H20ClNO3S2. The van der Waals surface area contributed by atoms with Gasteiger partial charge in [-0.2, -0.15) is 4.98 Å². The highest BCUT2D eigenvalue weighted by atomic mass is 35.5. The van der Waals surface area contributed by atoms with Crippen LogP contribution < -0.4 is 9.47 Å². The van der Waals surface area contributed by atoms with Gasteiger partial charge in [0.25, 0.3) is 0 Å². The van der Waals surface area contributed by atoms with Gasteiger partial charge in [-0.05, 0) is 25.0 Å². The highest BCUT2D eigenvalue weighted by Crippen LogP contribution is 2.29. The lowest BCUT2D eigenvalue weighted by Crippen LogP contribution is -1.98. The Hall–Kier alpha value is -1.11. The number of hydrogen-bond acceptors (Lipinski definition) is 6. The monoisotopic (exact) mass is 373 g/mol. The quantitative estimate of drug-likeness (QED) is 0.455. The third-order valence-electron chi connectivity index (χ3n) is 3.13. The second-order valence-electron chi connectivity index (χ2n) is 4.88. The topological polar surface area (TPSA) is 51.6 Å². The molecule has 1 N–H and O–H groups in total. The SMILES string of the molecule is COc1ccc(OCCCCCCSc2nc(O)cs2)c(Cl)c1. The lowest BCUT2D eigenvalue weighted by Gasteiger charge is -2.09. The number of unbranched alkanes of at least 4 members (excludes halogenated alkanes) is 3. The number of methoxy groups -OCH3 is 1. The van der Waals surface area contributed by atoms with E-state index in [1.165, 1.54) is 11.3 Å². The molecule has 0 atom stereocenters. The molecule has 0 amide bonds. The van der Waals surface area contributed by atoms with Crippen LogP contribution in [0, 0.1) is 0 Å². The first-order valence-electron chi connectivity index (χ1n) is 7.42. The molecule has 0 radical (unpaired) electrons. The predicted molar refractivity (Wildman–Crippen MR) is 96.5 cm³/mol. The van der Waals surface area contributed by atoms with Crippen LogP contribution in [0.15, 0.2) is 27.9 Å². The third-order valence-corrected chi connectivity index (χ3v) is 5.52. The molecule has 7 heteroatoms. The molecule has 0 unspecified atom stereocenters. The van der Waals surface area contributed by atoms with Gasteiger partial charge < -0.3 is 14.6 Å². The number of halogens is 1. The number of aromatic hydroxyl groups is 1. The lowest BCUT2D eigenvalue weighted by molar-refractivity contribution is 0.304. The van der Waals surface area contributed by atoms with Crippen LogP contribution in [0.5, 0.6) is 17.4 Å². The minimum atomic E-state index is 0.117. The van der Waals surface area contributed by atoms with Crippen molar-refractivity contribution >= 4 is 34.7 Å². The van der Waals surface area contributed by atoms with Crippen LogP contribution in [0.3, 0.4) is 0 Å². The number of hydrogen-bond donors (Lipinski definition) is 1. The van der Waals surface area contributed by atoms with Crippen LogP contribution in [-0.2, 0) is 0 Å². The smallest absolute Gasteiger partial charge is 0.222 e. The number of nitrogens with zero attached hydrogens (tertiary/aromatic N) is 1. The summed E-state index contributed by atoms with van der Waals surface area (Å²) in [6.07, 6.45) is 4.42. The molecule has 0 aliphatic carbocycles. The third kappa shape index (κ3) is 6.49. The molecule has 23 heavy (non-hydrogen) atoms. The Morgan fingerprint density at radius 1 is 1.26 bits per heavy atom. The Kier molecular flexibility index (Phi) is 7.85. The zero-order valence-electron chi connectivity index (χ0n) is 13.0. The van der Waals surface area contributed by atoms with Crippen LogP contribution in [0.4, 0.5) is 0 Å².